The number of alkyl halides is 1. The van der Waals surface area contributed by atoms with Crippen LogP contribution in [0.5, 0.6) is 0 Å². The van der Waals surface area contributed by atoms with Crippen LogP contribution in [0.1, 0.15) is 30.2 Å². The summed E-state index contributed by atoms with van der Waals surface area (Å²) in [5, 5.41) is 1.92. The van der Waals surface area contributed by atoms with Gasteiger partial charge in [-0.25, -0.2) is 4.39 Å². The first-order valence-corrected chi connectivity index (χ1v) is 5.45. The fourth-order valence-corrected chi connectivity index (χ4v) is 2.38. The molecule has 74 valence electrons. The van der Waals surface area contributed by atoms with Crippen LogP contribution in [-0.2, 0) is 5.67 Å². The molecule has 0 aliphatic rings. The summed E-state index contributed by atoms with van der Waals surface area (Å²) in [6, 6.07) is 1.85. The molecule has 0 aliphatic carbocycles. The van der Waals surface area contributed by atoms with Crippen LogP contribution in [-0.4, -0.2) is 6.54 Å². The molecular formula is C10H16FNS. The van der Waals surface area contributed by atoms with Crippen molar-refractivity contribution in [3.8, 4) is 0 Å². The van der Waals surface area contributed by atoms with E-state index in [1.165, 1.54) is 0 Å². The van der Waals surface area contributed by atoms with Gasteiger partial charge in [0.1, 0.15) is 5.67 Å². The Balaban J connectivity index is 2.95. The number of hydrogen-bond acceptors (Lipinski definition) is 2. The fraction of sp³-hybridized carbons (Fsp3) is 0.600. The second-order valence-corrected chi connectivity index (χ2v) is 4.43. The van der Waals surface area contributed by atoms with Crippen LogP contribution in [0.4, 0.5) is 4.39 Å². The topological polar surface area (TPSA) is 26.0 Å². The number of nitrogens with two attached hydrogens (primary N) is 1. The van der Waals surface area contributed by atoms with Gasteiger partial charge in [-0.1, -0.05) is 13.3 Å². The maximum absolute atomic E-state index is 14.2. The summed E-state index contributed by atoms with van der Waals surface area (Å²) < 4.78 is 14.2. The van der Waals surface area contributed by atoms with Crippen LogP contribution in [0.2, 0.25) is 0 Å². The monoisotopic (exact) mass is 201 g/mol. The van der Waals surface area contributed by atoms with E-state index in [2.05, 4.69) is 0 Å². The summed E-state index contributed by atoms with van der Waals surface area (Å²) >= 11 is 1.58. The lowest BCUT2D eigenvalue weighted by Gasteiger charge is -2.23. The van der Waals surface area contributed by atoms with Gasteiger partial charge in [-0.2, -0.15) is 0 Å². The lowest BCUT2D eigenvalue weighted by Crippen LogP contribution is -2.30. The van der Waals surface area contributed by atoms with Crippen molar-refractivity contribution < 1.29 is 4.39 Å². The molecular weight excluding hydrogens is 185 g/mol. The Bertz CT molecular complexity index is 272. The zero-order chi connectivity index (χ0) is 9.90. The van der Waals surface area contributed by atoms with Gasteiger partial charge in [0.15, 0.2) is 0 Å². The average Bonchev–Trinajstić information content (AvgIpc) is 2.52. The van der Waals surface area contributed by atoms with Crippen molar-refractivity contribution in [2.24, 2.45) is 5.73 Å². The highest BCUT2D eigenvalue weighted by atomic mass is 32.1. The van der Waals surface area contributed by atoms with Gasteiger partial charge in [0, 0.05) is 17.0 Å². The molecule has 1 aromatic heterocycles. The Kier molecular flexibility index (Phi) is 3.45. The Morgan fingerprint density at radius 1 is 1.62 bits per heavy atom. The van der Waals surface area contributed by atoms with Gasteiger partial charge in [-0.15, -0.1) is 11.3 Å². The summed E-state index contributed by atoms with van der Waals surface area (Å²) in [5.41, 5.74) is 4.96. The largest absolute Gasteiger partial charge is 0.327 e. The number of rotatable bonds is 4. The van der Waals surface area contributed by atoms with Gasteiger partial charge in [0.2, 0.25) is 0 Å². The Labute approximate surface area is 82.8 Å². The maximum Gasteiger partial charge on any atom is 0.149 e. The standard InChI is InChI=1S/C10H16FNS/c1-3-5-10(11,7-12)9-4-6-13-8(9)2/h4,6H,3,5,7,12H2,1-2H3. The first-order chi connectivity index (χ1) is 6.14. The van der Waals surface area contributed by atoms with Crippen LogP contribution in [0.25, 0.3) is 0 Å². The summed E-state index contributed by atoms with van der Waals surface area (Å²) in [7, 11) is 0. The minimum atomic E-state index is -1.31. The van der Waals surface area contributed by atoms with E-state index >= 15 is 0 Å². The van der Waals surface area contributed by atoms with Gasteiger partial charge in [0.25, 0.3) is 0 Å². The highest BCUT2D eigenvalue weighted by molar-refractivity contribution is 7.10. The molecule has 0 aliphatic heterocycles. The van der Waals surface area contributed by atoms with E-state index in [1.807, 2.05) is 25.3 Å². The quantitative estimate of drug-likeness (QED) is 0.796. The second-order valence-electron chi connectivity index (χ2n) is 3.31. The first-order valence-electron chi connectivity index (χ1n) is 4.57. The van der Waals surface area contributed by atoms with E-state index in [9.17, 15) is 4.39 Å². The zero-order valence-corrected chi connectivity index (χ0v) is 8.96. The Morgan fingerprint density at radius 3 is 2.69 bits per heavy atom. The third-order valence-corrected chi connectivity index (χ3v) is 3.16. The molecule has 0 spiro atoms. The summed E-state index contributed by atoms with van der Waals surface area (Å²) in [5.74, 6) is 0. The molecule has 1 unspecified atom stereocenters. The summed E-state index contributed by atoms with van der Waals surface area (Å²) in [6.45, 7) is 4.00. The molecule has 13 heavy (non-hydrogen) atoms. The van der Waals surface area contributed by atoms with Crippen molar-refractivity contribution >= 4 is 11.3 Å². The summed E-state index contributed by atoms with van der Waals surface area (Å²) in [6.07, 6.45) is 1.34. The van der Waals surface area contributed by atoms with Crippen LogP contribution in [0.15, 0.2) is 11.4 Å². The molecule has 0 fully saturated rings. The minimum absolute atomic E-state index is 0.0818. The molecule has 2 N–H and O–H groups in total. The molecule has 0 saturated carbocycles. The predicted octanol–water partition coefficient (Wildman–Crippen LogP) is 2.98. The average molecular weight is 201 g/mol. The van der Waals surface area contributed by atoms with Crippen LogP contribution >= 0.6 is 11.3 Å². The number of aryl methyl sites for hydroxylation is 1. The number of thiophene rings is 1. The van der Waals surface area contributed by atoms with Gasteiger partial charge in [-0.3, -0.25) is 0 Å². The Morgan fingerprint density at radius 2 is 2.31 bits per heavy atom. The van der Waals surface area contributed by atoms with Crippen molar-refractivity contribution in [2.45, 2.75) is 32.4 Å². The molecule has 0 radical (unpaired) electrons. The first kappa shape index (κ1) is 10.7. The lowest BCUT2D eigenvalue weighted by molar-refractivity contribution is 0.159. The maximum atomic E-state index is 14.2. The third-order valence-electron chi connectivity index (χ3n) is 2.31. The van der Waals surface area contributed by atoms with Gasteiger partial charge in [0.05, 0.1) is 0 Å². The molecule has 0 saturated heterocycles. The highest BCUT2D eigenvalue weighted by Gasteiger charge is 2.31. The molecule has 0 bridgehead atoms. The smallest absolute Gasteiger partial charge is 0.149 e. The molecule has 1 rings (SSSR count). The van der Waals surface area contributed by atoms with Crippen molar-refractivity contribution in [3.05, 3.63) is 21.9 Å². The van der Waals surface area contributed by atoms with E-state index in [0.717, 1.165) is 16.9 Å². The van der Waals surface area contributed by atoms with E-state index in [0.29, 0.717) is 6.42 Å². The van der Waals surface area contributed by atoms with E-state index in [1.54, 1.807) is 11.3 Å². The van der Waals surface area contributed by atoms with Gasteiger partial charge in [-0.05, 0) is 24.8 Å². The Hall–Kier alpha value is -0.410. The minimum Gasteiger partial charge on any atom is -0.327 e. The molecule has 1 aromatic rings. The second kappa shape index (κ2) is 4.20. The van der Waals surface area contributed by atoms with Gasteiger partial charge < -0.3 is 5.73 Å². The number of hydrogen-bond donors (Lipinski definition) is 1. The molecule has 3 heteroatoms. The van der Waals surface area contributed by atoms with Crippen LogP contribution in [0, 0.1) is 6.92 Å². The van der Waals surface area contributed by atoms with E-state index in [-0.39, 0.29) is 6.54 Å². The molecule has 1 heterocycles. The van der Waals surface area contributed by atoms with Crippen molar-refractivity contribution in [1.29, 1.82) is 0 Å². The molecule has 0 amide bonds. The van der Waals surface area contributed by atoms with Crippen molar-refractivity contribution in [2.75, 3.05) is 6.54 Å². The third kappa shape index (κ3) is 2.09. The van der Waals surface area contributed by atoms with E-state index in [4.69, 9.17) is 5.73 Å². The van der Waals surface area contributed by atoms with Gasteiger partial charge >= 0.3 is 0 Å². The van der Waals surface area contributed by atoms with Crippen LogP contribution < -0.4 is 5.73 Å². The number of halogens is 1. The fourth-order valence-electron chi connectivity index (χ4n) is 1.59. The molecule has 1 atom stereocenters. The van der Waals surface area contributed by atoms with Crippen LogP contribution in [0.3, 0.4) is 0 Å². The SMILES string of the molecule is CCCC(F)(CN)c1ccsc1C. The molecule has 0 aromatic carbocycles. The van der Waals surface area contributed by atoms with Crippen molar-refractivity contribution in [3.63, 3.8) is 0 Å². The summed E-state index contributed by atoms with van der Waals surface area (Å²) in [4.78, 5) is 1.04. The normalized spacial score (nSPS) is 15.7. The molecule has 1 nitrogen and oxygen atoms in total. The van der Waals surface area contributed by atoms with Crippen molar-refractivity contribution in [1.82, 2.24) is 0 Å². The lowest BCUT2D eigenvalue weighted by atomic mass is 9.92. The van der Waals surface area contributed by atoms with E-state index < -0.39 is 5.67 Å². The predicted molar refractivity (Wildman–Crippen MR) is 55.8 cm³/mol. The zero-order valence-electron chi connectivity index (χ0n) is 8.14. The highest BCUT2D eigenvalue weighted by Crippen LogP contribution is 2.34.